The van der Waals surface area contributed by atoms with Gasteiger partial charge >= 0.3 is 5.97 Å². The van der Waals surface area contributed by atoms with E-state index in [4.69, 9.17) is 22.2 Å². The van der Waals surface area contributed by atoms with E-state index >= 15 is 0 Å². The number of aliphatic imine (C=N–C) groups is 1. The molecule has 2 heterocycles. The molecule has 43 heavy (non-hydrogen) atoms. The molecule has 12 nitrogen and oxygen atoms in total. The smallest absolute Gasteiger partial charge is 0.328 e. The summed E-state index contributed by atoms with van der Waals surface area (Å²) in [5.74, 6) is -2.11. The van der Waals surface area contributed by atoms with Gasteiger partial charge in [0.1, 0.15) is 18.1 Å². The topological polar surface area (TPSA) is 180 Å². The van der Waals surface area contributed by atoms with Crippen molar-refractivity contribution in [1.82, 2.24) is 25.8 Å². The maximum Gasteiger partial charge on any atom is 0.328 e. The van der Waals surface area contributed by atoms with E-state index in [-0.39, 0.29) is 31.8 Å². The number of ether oxygens (including phenoxy) is 1. The molecule has 0 saturated carbocycles. The number of nitrogens with one attached hydrogen (secondary N) is 5. The van der Waals surface area contributed by atoms with Crippen LogP contribution in [0.2, 0.25) is 0 Å². The molecule has 1 aromatic heterocycles. The number of carbonyl (C=O) groups is 4. The zero-order valence-electron chi connectivity index (χ0n) is 24.0. The van der Waals surface area contributed by atoms with E-state index in [9.17, 15) is 19.2 Å². The second-order valence-electron chi connectivity index (χ2n) is 10.4. The Labute approximate surface area is 253 Å². The summed E-state index contributed by atoms with van der Waals surface area (Å²) < 4.78 is 4.93. The highest BCUT2D eigenvalue weighted by Crippen LogP contribution is 2.28. The zero-order chi connectivity index (χ0) is 30.9. The van der Waals surface area contributed by atoms with Crippen LogP contribution < -0.4 is 26.5 Å². The molecule has 2 aromatic carbocycles. The number of esters is 1. The number of amides is 3. The van der Waals surface area contributed by atoms with E-state index in [2.05, 4.69) is 36.8 Å². The fourth-order valence-corrected chi connectivity index (χ4v) is 5.14. The molecule has 4 rings (SSSR count). The van der Waals surface area contributed by atoms with Crippen LogP contribution in [0.1, 0.15) is 37.3 Å². The molecule has 3 atom stereocenters. The van der Waals surface area contributed by atoms with Gasteiger partial charge in [0.2, 0.25) is 23.7 Å². The lowest BCUT2D eigenvalue weighted by molar-refractivity contribution is -0.145. The molecule has 2 unspecified atom stereocenters. The minimum absolute atomic E-state index is 0.0194. The summed E-state index contributed by atoms with van der Waals surface area (Å²) in [6.07, 6.45) is 5.30. The molecule has 1 aliphatic rings. The molecule has 0 fully saturated rings. The number of carbonyl (C=O) groups excluding carboxylic acids is 4. The number of nitrogens with zero attached hydrogens (tertiary/aromatic N) is 1. The maximum absolute atomic E-state index is 13.6. The highest BCUT2D eigenvalue weighted by atomic mass is 35.5. The van der Waals surface area contributed by atoms with E-state index in [1.807, 2.05) is 42.5 Å². The van der Waals surface area contributed by atoms with Crippen LogP contribution in [0.15, 0.2) is 53.5 Å². The van der Waals surface area contributed by atoms with Crippen molar-refractivity contribution in [1.29, 1.82) is 0 Å². The number of methoxy groups -OCH3 is 1. The number of guanidine groups is 1. The van der Waals surface area contributed by atoms with Crippen LogP contribution in [0.5, 0.6) is 0 Å². The predicted octanol–water partition coefficient (Wildman–Crippen LogP) is 1.85. The lowest BCUT2D eigenvalue weighted by Gasteiger charge is -2.24. The van der Waals surface area contributed by atoms with Crippen LogP contribution in [-0.4, -0.2) is 66.4 Å². The summed E-state index contributed by atoms with van der Waals surface area (Å²) in [4.78, 5) is 61.4. The number of aromatic amines is 1. The molecule has 3 aromatic rings. The van der Waals surface area contributed by atoms with E-state index in [0.717, 1.165) is 32.9 Å². The van der Waals surface area contributed by atoms with Crippen LogP contribution >= 0.6 is 11.8 Å². The normalized spacial score (nSPS) is 20.8. The Balaban J connectivity index is 1.71. The third kappa shape index (κ3) is 8.25. The monoisotopic (exact) mass is 609 g/mol. The first-order valence-corrected chi connectivity index (χ1v) is 14.4. The summed E-state index contributed by atoms with van der Waals surface area (Å²) in [7, 11) is 1.25. The van der Waals surface area contributed by atoms with Crippen LogP contribution in [0.25, 0.3) is 21.8 Å². The Morgan fingerprint density at radius 2 is 1.74 bits per heavy atom. The van der Waals surface area contributed by atoms with Crippen molar-refractivity contribution in [2.45, 2.75) is 57.2 Å². The number of halogens is 1. The molecular formula is C30H36ClN7O5. The molecule has 0 aliphatic carbocycles. The first-order chi connectivity index (χ1) is 20.7. The summed E-state index contributed by atoms with van der Waals surface area (Å²) in [5, 5.41) is 10.2. The van der Waals surface area contributed by atoms with Crippen molar-refractivity contribution in [2.75, 3.05) is 13.7 Å². The number of allylic oxidation sites excluding steroid dienone is 1. The standard InChI is InChI=1S/C30H36ClN7O5/c1-17(39)34-26-16-19-10-12-23-21(15-19)20-14-18(9-11-22(20)35-23)6-3-4-7-25(29(42)43-2)37-27(40)24(36-28(26)41)8-5-13-33-30(32)38-31/h3-4,9-12,14-15,24-26,35H,5-8,13,16H2,1-2H3,(H,34,39)(H,36,41)(H,37,40)(H3,32,33,38)/b4-3+/t24-,25?,26?/m0/s1. The van der Waals surface area contributed by atoms with Gasteiger partial charge in [-0.05, 0) is 61.1 Å². The second-order valence-corrected chi connectivity index (χ2v) is 10.6. The number of benzene rings is 2. The molecule has 228 valence electrons. The van der Waals surface area contributed by atoms with Gasteiger partial charge in [-0.15, -0.1) is 0 Å². The van der Waals surface area contributed by atoms with E-state index in [1.54, 1.807) is 0 Å². The second kappa shape index (κ2) is 14.5. The zero-order valence-corrected chi connectivity index (χ0v) is 24.8. The summed E-state index contributed by atoms with van der Waals surface area (Å²) in [6, 6.07) is 9.06. The molecular weight excluding hydrogens is 574 g/mol. The van der Waals surface area contributed by atoms with Gasteiger partial charge in [-0.3, -0.25) is 24.2 Å². The Hall–Kier alpha value is -4.58. The van der Waals surface area contributed by atoms with E-state index in [1.165, 1.54) is 14.0 Å². The quantitative estimate of drug-likeness (QED) is 0.0616. The lowest BCUT2D eigenvalue weighted by atomic mass is 10.0. The number of hydrogen-bond donors (Lipinski definition) is 6. The van der Waals surface area contributed by atoms with Gasteiger partial charge in [-0.25, -0.2) is 4.79 Å². The summed E-state index contributed by atoms with van der Waals surface area (Å²) in [6.45, 7) is 1.56. The predicted molar refractivity (Wildman–Crippen MR) is 165 cm³/mol. The highest BCUT2D eigenvalue weighted by Gasteiger charge is 2.29. The van der Waals surface area contributed by atoms with Crippen molar-refractivity contribution < 1.29 is 23.9 Å². The molecule has 0 saturated heterocycles. The first-order valence-electron chi connectivity index (χ1n) is 14.0. The van der Waals surface area contributed by atoms with Gasteiger partial charge in [0.15, 0.2) is 0 Å². The number of hydrogen-bond acceptors (Lipinski definition) is 6. The minimum atomic E-state index is -1.04. The van der Waals surface area contributed by atoms with Gasteiger partial charge in [0, 0.05) is 53.5 Å². The van der Waals surface area contributed by atoms with Crippen molar-refractivity contribution in [2.24, 2.45) is 10.7 Å². The third-order valence-electron chi connectivity index (χ3n) is 7.22. The minimum Gasteiger partial charge on any atom is -0.467 e. The van der Waals surface area contributed by atoms with Crippen LogP contribution in [0.3, 0.4) is 0 Å². The average Bonchev–Trinajstić information content (AvgIpc) is 3.35. The number of rotatable bonds is 6. The molecule has 7 N–H and O–H groups in total. The SMILES string of the molecule is COC(=O)C1C/C=C/Cc2ccc3[nH]c4ccc(cc4c3c2)CC(NC(C)=O)C(=O)N[C@@H](CCCN=C(N)NCl)C(=O)N1. The number of H-pyrrole nitrogens is 1. The molecule has 3 amide bonds. The maximum atomic E-state index is 13.6. The van der Waals surface area contributed by atoms with Gasteiger partial charge in [-0.2, -0.15) is 0 Å². The first kappa shape index (κ1) is 31.4. The largest absolute Gasteiger partial charge is 0.467 e. The Bertz CT molecular complexity index is 1570. The Morgan fingerprint density at radius 1 is 1.05 bits per heavy atom. The third-order valence-corrected chi connectivity index (χ3v) is 7.41. The van der Waals surface area contributed by atoms with Gasteiger partial charge in [-0.1, -0.05) is 24.3 Å². The molecule has 0 spiro atoms. The lowest BCUT2D eigenvalue weighted by Crippen LogP contribution is -2.56. The van der Waals surface area contributed by atoms with Crippen molar-refractivity contribution >= 4 is 63.2 Å². The Morgan fingerprint density at radius 3 is 2.42 bits per heavy atom. The van der Waals surface area contributed by atoms with Gasteiger partial charge in [0.25, 0.3) is 0 Å². The van der Waals surface area contributed by atoms with Gasteiger partial charge < -0.3 is 31.4 Å². The van der Waals surface area contributed by atoms with E-state index in [0.29, 0.717) is 12.8 Å². The Kier molecular flexibility index (Phi) is 10.6. The molecule has 1 aliphatic heterocycles. The van der Waals surface area contributed by atoms with Crippen LogP contribution in [0, 0.1) is 0 Å². The average molecular weight is 610 g/mol. The number of nitrogens with two attached hydrogens (primary N) is 1. The van der Waals surface area contributed by atoms with Crippen molar-refractivity contribution in [3.05, 3.63) is 59.7 Å². The number of fused-ring (bicyclic) bond motifs is 2. The van der Waals surface area contributed by atoms with Crippen molar-refractivity contribution in [3.8, 4) is 0 Å². The summed E-state index contributed by atoms with van der Waals surface area (Å²) >= 11 is 5.45. The fourth-order valence-electron chi connectivity index (χ4n) is 5.08. The fraction of sp³-hybridized carbons (Fsp3) is 0.367. The van der Waals surface area contributed by atoms with E-state index < -0.39 is 41.8 Å². The van der Waals surface area contributed by atoms with Crippen LogP contribution in [-0.2, 0) is 36.8 Å². The molecule has 0 radical (unpaired) electrons. The highest BCUT2D eigenvalue weighted by molar-refractivity contribution is 6.21. The van der Waals surface area contributed by atoms with Gasteiger partial charge in [0.05, 0.1) is 7.11 Å². The van der Waals surface area contributed by atoms with Crippen molar-refractivity contribution in [3.63, 3.8) is 0 Å². The molecule has 4 bridgehead atoms. The number of aromatic nitrogens is 1. The summed E-state index contributed by atoms with van der Waals surface area (Å²) in [5.41, 5.74) is 9.41. The molecule has 13 heteroatoms. The van der Waals surface area contributed by atoms with Crippen LogP contribution in [0.4, 0.5) is 0 Å².